The van der Waals surface area contributed by atoms with E-state index in [1.807, 2.05) is 0 Å². The number of aliphatic hydroxyl groups excluding tert-OH is 1. The third kappa shape index (κ3) is 3.94. The van der Waals surface area contributed by atoms with Gasteiger partial charge in [0.25, 0.3) is 0 Å². The first-order valence-electron chi connectivity index (χ1n) is 2.94. The Bertz CT molecular complexity index is 190. The lowest BCUT2D eigenvalue weighted by Gasteiger charge is -1.75. The van der Waals surface area contributed by atoms with Gasteiger partial charge in [-0.1, -0.05) is 0 Å². The van der Waals surface area contributed by atoms with Crippen LogP contribution in [0.15, 0.2) is 10.8 Å². The van der Waals surface area contributed by atoms with E-state index in [2.05, 4.69) is 14.6 Å². The van der Waals surface area contributed by atoms with Crippen LogP contribution in [0, 0.1) is 0 Å². The van der Waals surface area contributed by atoms with Crippen molar-refractivity contribution in [1.82, 2.24) is 10.2 Å². The van der Waals surface area contributed by atoms with Gasteiger partial charge in [-0.2, -0.15) is 0 Å². The second-order valence-electron chi connectivity index (χ2n) is 1.73. The molecule has 1 aliphatic rings. The van der Waals surface area contributed by atoms with Gasteiger partial charge in [0.05, 0.1) is 0 Å². The number of nitrogens with zero attached hydrogens (tertiary/aromatic N) is 2. The third-order valence-corrected chi connectivity index (χ3v) is 1.42. The number of aromatic nitrogens is 2. The molecule has 1 N–H and O–H groups in total. The zero-order valence-corrected chi connectivity index (χ0v) is 6.42. The van der Waals surface area contributed by atoms with Crippen LogP contribution in [0.25, 0.3) is 0 Å². The molecule has 1 aromatic heterocycles. The zero-order chi connectivity index (χ0) is 8.10. The highest BCUT2D eigenvalue weighted by Gasteiger charge is 2.19. The molecule has 0 aromatic carbocycles. The molecule has 0 bridgehead atoms. The molecule has 2 heterocycles. The average molecular weight is 178 g/mol. The molecule has 0 saturated carbocycles. The topological polar surface area (TPSA) is 59.2 Å². The van der Waals surface area contributed by atoms with Crippen LogP contribution in [-0.4, -0.2) is 26.6 Å². The van der Waals surface area contributed by atoms with Crippen LogP contribution in [0.1, 0.15) is 5.89 Å². The van der Waals surface area contributed by atoms with Gasteiger partial charge in [0.2, 0.25) is 12.3 Å². The van der Waals surface area contributed by atoms with Gasteiger partial charge in [0, 0.05) is 5.75 Å². The molecule has 1 unspecified atom stereocenters. The van der Waals surface area contributed by atoms with Crippen LogP contribution in [-0.2, 0) is 6.61 Å². The SMILES string of the molecule is FC1CS1.OCc1nnco1. The predicted octanol–water partition coefficient (Wildman–Crippen LogP) is 0.591. The summed E-state index contributed by atoms with van der Waals surface area (Å²) >= 11 is 1.36. The molecule has 0 amide bonds. The summed E-state index contributed by atoms with van der Waals surface area (Å²) in [7, 11) is 0. The van der Waals surface area contributed by atoms with Crippen LogP contribution in [0.4, 0.5) is 4.39 Å². The Morgan fingerprint density at radius 1 is 1.91 bits per heavy atom. The Hall–Kier alpha value is -0.620. The zero-order valence-electron chi connectivity index (χ0n) is 5.61. The Morgan fingerprint density at radius 3 is 2.73 bits per heavy atom. The highest BCUT2D eigenvalue weighted by Crippen LogP contribution is 2.30. The first-order chi connectivity index (χ1) is 5.33. The maximum Gasteiger partial charge on any atom is 0.241 e. The number of halogens is 1. The first-order valence-corrected chi connectivity index (χ1v) is 3.99. The van der Waals surface area contributed by atoms with Crippen molar-refractivity contribution in [3.05, 3.63) is 12.3 Å². The van der Waals surface area contributed by atoms with Crippen molar-refractivity contribution in [2.45, 2.75) is 12.1 Å². The highest BCUT2D eigenvalue weighted by molar-refractivity contribution is 8.06. The van der Waals surface area contributed by atoms with E-state index in [0.717, 1.165) is 5.75 Å². The second kappa shape index (κ2) is 4.30. The van der Waals surface area contributed by atoms with Gasteiger partial charge in [0.1, 0.15) is 6.61 Å². The fourth-order valence-corrected chi connectivity index (χ4v) is 0.374. The van der Waals surface area contributed by atoms with Crippen molar-refractivity contribution in [2.24, 2.45) is 0 Å². The quantitative estimate of drug-likeness (QED) is 0.638. The third-order valence-electron chi connectivity index (χ3n) is 0.833. The Morgan fingerprint density at radius 2 is 2.55 bits per heavy atom. The van der Waals surface area contributed by atoms with Crippen molar-refractivity contribution in [3.63, 3.8) is 0 Å². The Kier molecular flexibility index (Phi) is 3.31. The summed E-state index contributed by atoms with van der Waals surface area (Å²) in [6, 6.07) is 0. The molecular formula is C5H7FN2O2S. The van der Waals surface area contributed by atoms with Crippen molar-refractivity contribution < 1.29 is 13.9 Å². The molecule has 6 heteroatoms. The smallest absolute Gasteiger partial charge is 0.241 e. The average Bonchev–Trinajstić information content (AvgIpc) is 2.66. The van der Waals surface area contributed by atoms with E-state index in [1.165, 1.54) is 18.2 Å². The minimum absolute atomic E-state index is 0.181. The highest BCUT2D eigenvalue weighted by atomic mass is 32.2. The lowest BCUT2D eigenvalue weighted by Crippen LogP contribution is -1.79. The number of hydrogen-bond acceptors (Lipinski definition) is 5. The molecule has 0 aliphatic carbocycles. The summed E-state index contributed by atoms with van der Waals surface area (Å²) < 4.78 is 15.6. The number of rotatable bonds is 1. The number of hydrogen-bond donors (Lipinski definition) is 1. The molecule has 4 nitrogen and oxygen atoms in total. The maximum atomic E-state index is 11.1. The standard InChI is InChI=1S/C3H4N2O2.C2H3FS/c6-1-3-5-4-2-7-3;3-2-1-4-2/h2,6H,1H2;2H,1H2. The van der Waals surface area contributed by atoms with E-state index in [4.69, 9.17) is 5.11 Å². The summed E-state index contributed by atoms with van der Waals surface area (Å²) in [5, 5.41) is 14.9. The molecular weight excluding hydrogens is 171 g/mol. The van der Waals surface area contributed by atoms with E-state index in [1.54, 1.807) is 0 Å². The number of thioether (sulfide) groups is 1. The fraction of sp³-hybridized carbons (Fsp3) is 0.600. The summed E-state index contributed by atoms with van der Waals surface area (Å²) in [6.07, 6.45) is 1.17. The molecule has 0 spiro atoms. The van der Waals surface area contributed by atoms with E-state index >= 15 is 0 Å². The van der Waals surface area contributed by atoms with Gasteiger partial charge in [-0.25, -0.2) is 4.39 Å². The van der Waals surface area contributed by atoms with Crippen molar-refractivity contribution >= 4 is 11.8 Å². The van der Waals surface area contributed by atoms with Gasteiger partial charge in [-0.05, 0) is 0 Å². The van der Waals surface area contributed by atoms with E-state index in [0.29, 0.717) is 0 Å². The van der Waals surface area contributed by atoms with Gasteiger partial charge in [-0.3, -0.25) is 0 Å². The Labute approximate surface area is 66.8 Å². The lowest BCUT2D eigenvalue weighted by molar-refractivity contribution is 0.240. The Balaban J connectivity index is 0.000000128. The molecule has 1 saturated heterocycles. The van der Waals surface area contributed by atoms with Gasteiger partial charge < -0.3 is 9.52 Å². The van der Waals surface area contributed by atoms with Crippen LogP contribution < -0.4 is 0 Å². The summed E-state index contributed by atoms with van der Waals surface area (Å²) in [6.45, 7) is -0.181. The molecule has 1 fully saturated rings. The molecule has 1 aromatic rings. The van der Waals surface area contributed by atoms with E-state index < -0.39 is 5.50 Å². The van der Waals surface area contributed by atoms with Crippen molar-refractivity contribution in [3.8, 4) is 0 Å². The predicted molar refractivity (Wildman–Crippen MR) is 37.6 cm³/mol. The largest absolute Gasteiger partial charge is 0.425 e. The normalized spacial score (nSPS) is 20.4. The van der Waals surface area contributed by atoms with Crippen LogP contribution in [0.2, 0.25) is 0 Å². The molecule has 1 aliphatic heterocycles. The maximum absolute atomic E-state index is 11.1. The summed E-state index contributed by atoms with van der Waals surface area (Å²) in [4.78, 5) is 0. The van der Waals surface area contributed by atoms with Gasteiger partial charge in [-0.15, -0.1) is 22.0 Å². The molecule has 1 atom stereocenters. The van der Waals surface area contributed by atoms with E-state index in [9.17, 15) is 4.39 Å². The number of aliphatic hydroxyl groups is 1. The lowest BCUT2D eigenvalue weighted by atomic mass is 10.7. The molecule has 62 valence electrons. The number of alkyl halides is 1. The second-order valence-corrected chi connectivity index (χ2v) is 2.91. The summed E-state index contributed by atoms with van der Waals surface area (Å²) in [5.74, 6) is 0.986. The molecule has 2 rings (SSSR count). The monoisotopic (exact) mass is 178 g/mol. The molecule has 0 radical (unpaired) electrons. The molecule has 11 heavy (non-hydrogen) atoms. The van der Waals surface area contributed by atoms with Gasteiger partial charge in [0.15, 0.2) is 5.50 Å². The minimum Gasteiger partial charge on any atom is -0.425 e. The summed E-state index contributed by atoms with van der Waals surface area (Å²) in [5.41, 5.74) is -0.500. The van der Waals surface area contributed by atoms with Crippen LogP contribution >= 0.6 is 11.8 Å². The van der Waals surface area contributed by atoms with E-state index in [-0.39, 0.29) is 12.5 Å². The van der Waals surface area contributed by atoms with Crippen LogP contribution in [0.5, 0.6) is 0 Å². The van der Waals surface area contributed by atoms with Crippen molar-refractivity contribution in [1.29, 1.82) is 0 Å². The van der Waals surface area contributed by atoms with Crippen LogP contribution in [0.3, 0.4) is 0 Å². The first kappa shape index (κ1) is 8.48. The van der Waals surface area contributed by atoms with Crippen molar-refractivity contribution in [2.75, 3.05) is 5.75 Å². The fourth-order valence-electron chi connectivity index (χ4n) is 0.301. The minimum atomic E-state index is -0.500. The van der Waals surface area contributed by atoms with Gasteiger partial charge >= 0.3 is 0 Å².